The Kier molecular flexibility index (Phi) is 6.10. The van der Waals surface area contributed by atoms with Crippen LogP contribution in [0.25, 0.3) is 16.6 Å². The van der Waals surface area contributed by atoms with Gasteiger partial charge in [-0.05, 0) is 37.1 Å². The summed E-state index contributed by atoms with van der Waals surface area (Å²) in [6, 6.07) is 9.64. The maximum atomic E-state index is 14.5. The van der Waals surface area contributed by atoms with Gasteiger partial charge in [0.15, 0.2) is 5.16 Å². The van der Waals surface area contributed by atoms with Crippen molar-refractivity contribution in [2.75, 3.05) is 18.9 Å². The molecule has 30 heavy (non-hydrogen) atoms. The number of ether oxygens (including phenoxy) is 1. The number of carbonyl (C=O) groups is 1. The quantitative estimate of drug-likeness (QED) is 0.480. The highest BCUT2D eigenvalue weighted by Crippen LogP contribution is 2.23. The normalized spacial score (nSPS) is 16.1. The number of para-hydroxylation sites is 1. The molecule has 6 nitrogen and oxygen atoms in total. The van der Waals surface area contributed by atoms with E-state index in [0.717, 1.165) is 35.2 Å². The van der Waals surface area contributed by atoms with Crippen molar-refractivity contribution in [1.29, 1.82) is 0 Å². The standard InChI is InChI=1S/C21H19F2N3O3S/c22-13-7-8-18(16(23)10-13)26-20(28)15-5-1-2-6-17(15)25-21(26)30-12-19(27)24-11-14-4-3-9-29-14/h1-2,5-8,10,14H,3-4,9,11-12H2,(H,24,27). The summed E-state index contributed by atoms with van der Waals surface area (Å²) in [5.41, 5.74) is -0.182. The molecule has 1 saturated heterocycles. The Morgan fingerprint density at radius 1 is 1.27 bits per heavy atom. The zero-order chi connectivity index (χ0) is 21.1. The first-order valence-electron chi connectivity index (χ1n) is 9.51. The van der Waals surface area contributed by atoms with Crippen LogP contribution in [0.4, 0.5) is 8.78 Å². The minimum atomic E-state index is -0.890. The first-order valence-corrected chi connectivity index (χ1v) is 10.5. The van der Waals surface area contributed by atoms with E-state index in [-0.39, 0.29) is 28.6 Å². The monoisotopic (exact) mass is 431 g/mol. The molecule has 4 rings (SSSR count). The fourth-order valence-electron chi connectivity index (χ4n) is 3.30. The van der Waals surface area contributed by atoms with E-state index in [0.29, 0.717) is 30.1 Å². The van der Waals surface area contributed by atoms with Crippen LogP contribution in [-0.2, 0) is 9.53 Å². The van der Waals surface area contributed by atoms with E-state index in [1.54, 1.807) is 24.3 Å². The van der Waals surface area contributed by atoms with Gasteiger partial charge in [-0.25, -0.2) is 13.8 Å². The second-order valence-corrected chi connectivity index (χ2v) is 7.82. The molecule has 0 bridgehead atoms. The highest BCUT2D eigenvalue weighted by molar-refractivity contribution is 7.99. The molecule has 156 valence electrons. The van der Waals surface area contributed by atoms with Crippen LogP contribution < -0.4 is 10.9 Å². The average molecular weight is 431 g/mol. The number of rotatable bonds is 6. The van der Waals surface area contributed by atoms with Gasteiger partial charge in [-0.3, -0.25) is 14.2 Å². The molecule has 1 aliphatic rings. The third-order valence-electron chi connectivity index (χ3n) is 4.78. The van der Waals surface area contributed by atoms with Gasteiger partial charge in [0.05, 0.1) is 28.4 Å². The summed E-state index contributed by atoms with van der Waals surface area (Å²) in [6.07, 6.45) is 1.90. The van der Waals surface area contributed by atoms with E-state index in [9.17, 15) is 18.4 Å². The van der Waals surface area contributed by atoms with Crippen molar-refractivity contribution in [3.63, 3.8) is 0 Å². The maximum absolute atomic E-state index is 14.5. The number of hydrogen-bond acceptors (Lipinski definition) is 5. The van der Waals surface area contributed by atoms with Crippen LogP contribution in [-0.4, -0.2) is 40.5 Å². The van der Waals surface area contributed by atoms with Gasteiger partial charge in [0.25, 0.3) is 5.56 Å². The highest BCUT2D eigenvalue weighted by atomic mass is 32.2. The Morgan fingerprint density at radius 3 is 2.87 bits per heavy atom. The largest absolute Gasteiger partial charge is 0.376 e. The molecule has 1 aliphatic heterocycles. The van der Waals surface area contributed by atoms with Gasteiger partial charge < -0.3 is 10.1 Å². The Hall–Kier alpha value is -2.78. The van der Waals surface area contributed by atoms with Crippen molar-refractivity contribution < 1.29 is 18.3 Å². The van der Waals surface area contributed by atoms with Crippen molar-refractivity contribution in [2.24, 2.45) is 0 Å². The molecular formula is C21H19F2N3O3S. The maximum Gasteiger partial charge on any atom is 0.266 e. The van der Waals surface area contributed by atoms with E-state index in [1.807, 2.05) is 0 Å². The summed E-state index contributed by atoms with van der Waals surface area (Å²) in [7, 11) is 0. The van der Waals surface area contributed by atoms with Gasteiger partial charge in [0, 0.05) is 19.2 Å². The first kappa shape index (κ1) is 20.5. The molecule has 0 spiro atoms. The minimum absolute atomic E-state index is 0.0136. The van der Waals surface area contributed by atoms with E-state index in [2.05, 4.69) is 10.3 Å². The summed E-state index contributed by atoms with van der Waals surface area (Å²) in [6.45, 7) is 1.12. The van der Waals surface area contributed by atoms with Crippen LogP contribution in [0.1, 0.15) is 12.8 Å². The predicted molar refractivity (Wildman–Crippen MR) is 110 cm³/mol. The van der Waals surface area contributed by atoms with Gasteiger partial charge >= 0.3 is 0 Å². The number of nitrogens with one attached hydrogen (secondary N) is 1. The van der Waals surface area contributed by atoms with E-state index in [4.69, 9.17) is 4.74 Å². The van der Waals surface area contributed by atoms with Crippen molar-refractivity contribution in [2.45, 2.75) is 24.1 Å². The number of aromatic nitrogens is 2. The van der Waals surface area contributed by atoms with Gasteiger partial charge in [0.2, 0.25) is 5.91 Å². The number of carbonyl (C=O) groups excluding carboxylic acids is 1. The van der Waals surface area contributed by atoms with Gasteiger partial charge in [-0.15, -0.1) is 0 Å². The topological polar surface area (TPSA) is 73.2 Å². The van der Waals surface area contributed by atoms with E-state index < -0.39 is 17.2 Å². The molecule has 9 heteroatoms. The Labute approximate surface area is 175 Å². The van der Waals surface area contributed by atoms with Crippen LogP contribution in [0.3, 0.4) is 0 Å². The number of nitrogens with zero attached hydrogens (tertiary/aromatic N) is 2. The number of benzene rings is 2. The lowest BCUT2D eigenvalue weighted by Gasteiger charge is -2.14. The SMILES string of the molecule is O=C(CSc1nc2ccccc2c(=O)n1-c1ccc(F)cc1F)NCC1CCCO1. The van der Waals surface area contributed by atoms with Crippen molar-refractivity contribution in [1.82, 2.24) is 14.9 Å². The fourth-order valence-corrected chi connectivity index (χ4v) is 4.13. The molecule has 1 atom stereocenters. The molecule has 2 aromatic carbocycles. The van der Waals surface area contributed by atoms with Crippen LogP contribution in [0.15, 0.2) is 52.4 Å². The van der Waals surface area contributed by atoms with Gasteiger partial charge in [-0.1, -0.05) is 23.9 Å². The second kappa shape index (κ2) is 8.93. The van der Waals surface area contributed by atoms with Crippen molar-refractivity contribution >= 4 is 28.6 Å². The smallest absolute Gasteiger partial charge is 0.266 e. The average Bonchev–Trinajstić information content (AvgIpc) is 3.25. The van der Waals surface area contributed by atoms with Crippen LogP contribution in [0.2, 0.25) is 0 Å². The third-order valence-corrected chi connectivity index (χ3v) is 5.72. The summed E-state index contributed by atoms with van der Waals surface area (Å²) in [4.78, 5) is 29.8. The van der Waals surface area contributed by atoms with Gasteiger partial charge in [0.1, 0.15) is 11.6 Å². The second-order valence-electron chi connectivity index (χ2n) is 6.88. The Balaban J connectivity index is 1.64. The molecule has 0 aliphatic carbocycles. The van der Waals surface area contributed by atoms with Gasteiger partial charge in [-0.2, -0.15) is 0 Å². The van der Waals surface area contributed by atoms with E-state index in [1.165, 1.54) is 6.07 Å². The van der Waals surface area contributed by atoms with Crippen LogP contribution in [0.5, 0.6) is 0 Å². The molecular weight excluding hydrogens is 412 g/mol. The predicted octanol–water partition coefficient (Wildman–Crippen LogP) is 3.05. The first-order chi connectivity index (χ1) is 14.5. The molecule has 1 unspecified atom stereocenters. The molecule has 3 aromatic rings. The number of fused-ring (bicyclic) bond motifs is 1. The Morgan fingerprint density at radius 2 is 2.10 bits per heavy atom. The number of hydrogen-bond donors (Lipinski definition) is 1. The molecule has 0 radical (unpaired) electrons. The molecule has 1 aromatic heterocycles. The highest BCUT2D eigenvalue weighted by Gasteiger charge is 2.19. The summed E-state index contributed by atoms with van der Waals surface area (Å²) in [5.74, 6) is -1.90. The molecule has 1 N–H and O–H groups in total. The van der Waals surface area contributed by atoms with Crippen LogP contribution in [0, 0.1) is 11.6 Å². The van der Waals surface area contributed by atoms with E-state index >= 15 is 0 Å². The summed E-state index contributed by atoms with van der Waals surface area (Å²) >= 11 is 1.01. The fraction of sp³-hybridized carbons (Fsp3) is 0.286. The summed E-state index contributed by atoms with van der Waals surface area (Å²) < 4.78 is 34.4. The van der Waals surface area contributed by atoms with Crippen molar-refractivity contribution in [3.8, 4) is 5.69 Å². The van der Waals surface area contributed by atoms with Crippen molar-refractivity contribution in [3.05, 3.63) is 64.5 Å². The number of halogens is 2. The minimum Gasteiger partial charge on any atom is -0.376 e. The molecule has 1 amide bonds. The molecule has 2 heterocycles. The zero-order valence-electron chi connectivity index (χ0n) is 15.9. The Bertz CT molecular complexity index is 1150. The molecule has 1 fully saturated rings. The lowest BCUT2D eigenvalue weighted by Crippen LogP contribution is -2.33. The molecule has 0 saturated carbocycles. The zero-order valence-corrected chi connectivity index (χ0v) is 16.8. The number of thioether (sulfide) groups is 1. The summed E-state index contributed by atoms with van der Waals surface area (Å²) in [5, 5.41) is 3.25. The lowest BCUT2D eigenvalue weighted by molar-refractivity contribution is -0.119. The van der Waals surface area contributed by atoms with Crippen LogP contribution >= 0.6 is 11.8 Å². The third kappa shape index (κ3) is 4.36. The lowest BCUT2D eigenvalue weighted by atomic mass is 10.2. The number of amides is 1.